The molecular weight excluding hydrogens is 282 g/mol. The molecule has 4 heteroatoms. The van der Waals surface area contributed by atoms with Gasteiger partial charge in [0.15, 0.2) is 0 Å². The quantitative estimate of drug-likeness (QED) is 0.773. The Morgan fingerprint density at radius 1 is 1.10 bits per heavy atom. The summed E-state index contributed by atoms with van der Waals surface area (Å²) in [6, 6.07) is 15.1. The molecule has 0 spiro atoms. The number of hydrogen-bond acceptors (Lipinski definition) is 3. The Bertz CT molecular complexity index is 766. The maximum atomic E-state index is 12.2. The van der Waals surface area contributed by atoms with E-state index in [0.717, 1.165) is 17.2 Å². The second-order valence-corrected chi connectivity index (χ2v) is 5.83. The van der Waals surface area contributed by atoms with Gasteiger partial charge in [-0.3, -0.25) is 4.79 Å². The first kappa shape index (κ1) is 13.6. The van der Waals surface area contributed by atoms with Gasteiger partial charge in [-0.15, -0.1) is 11.3 Å². The SMILES string of the molecule is O=C(NCCc1cccs1)c1cc2ccccc2cc1O. The Kier molecular flexibility index (Phi) is 3.88. The molecule has 2 N–H and O–H groups in total. The van der Waals surface area contributed by atoms with Gasteiger partial charge in [-0.25, -0.2) is 0 Å². The lowest BCUT2D eigenvalue weighted by atomic mass is 10.1. The van der Waals surface area contributed by atoms with Crippen molar-refractivity contribution in [1.82, 2.24) is 5.32 Å². The van der Waals surface area contributed by atoms with Crippen LogP contribution in [0.25, 0.3) is 10.8 Å². The summed E-state index contributed by atoms with van der Waals surface area (Å²) < 4.78 is 0. The van der Waals surface area contributed by atoms with E-state index in [1.54, 1.807) is 23.5 Å². The highest BCUT2D eigenvalue weighted by Crippen LogP contribution is 2.24. The second kappa shape index (κ2) is 5.97. The topological polar surface area (TPSA) is 49.3 Å². The Hall–Kier alpha value is -2.33. The number of nitrogens with one attached hydrogen (secondary N) is 1. The molecule has 21 heavy (non-hydrogen) atoms. The van der Waals surface area contributed by atoms with E-state index in [4.69, 9.17) is 0 Å². The Morgan fingerprint density at radius 3 is 2.57 bits per heavy atom. The molecule has 0 atom stereocenters. The zero-order valence-corrected chi connectivity index (χ0v) is 12.2. The number of amides is 1. The highest BCUT2D eigenvalue weighted by Gasteiger charge is 2.11. The van der Waals surface area contributed by atoms with Crippen LogP contribution < -0.4 is 5.32 Å². The first-order chi connectivity index (χ1) is 10.2. The van der Waals surface area contributed by atoms with Crippen LogP contribution >= 0.6 is 11.3 Å². The van der Waals surface area contributed by atoms with E-state index in [0.29, 0.717) is 12.1 Å². The van der Waals surface area contributed by atoms with Gasteiger partial charge >= 0.3 is 0 Å². The average Bonchev–Trinajstić information content (AvgIpc) is 2.99. The summed E-state index contributed by atoms with van der Waals surface area (Å²) in [5, 5.41) is 16.7. The maximum absolute atomic E-state index is 12.2. The van der Waals surface area contributed by atoms with Gasteiger partial charge < -0.3 is 10.4 Å². The fourth-order valence-corrected chi connectivity index (χ4v) is 2.97. The van der Waals surface area contributed by atoms with Crippen molar-refractivity contribution in [2.45, 2.75) is 6.42 Å². The molecule has 1 amide bonds. The van der Waals surface area contributed by atoms with Gasteiger partial charge in [0.05, 0.1) is 5.56 Å². The summed E-state index contributed by atoms with van der Waals surface area (Å²) in [6.45, 7) is 0.561. The van der Waals surface area contributed by atoms with Crippen LogP contribution in [-0.4, -0.2) is 17.6 Å². The van der Waals surface area contributed by atoms with Crippen LogP contribution in [-0.2, 0) is 6.42 Å². The van der Waals surface area contributed by atoms with Gasteiger partial charge in [-0.1, -0.05) is 30.3 Å². The van der Waals surface area contributed by atoms with Gasteiger partial charge in [0.1, 0.15) is 5.75 Å². The Balaban J connectivity index is 1.73. The molecule has 0 aliphatic rings. The fourth-order valence-electron chi connectivity index (χ4n) is 2.26. The third-order valence-corrected chi connectivity index (χ3v) is 4.28. The van der Waals surface area contributed by atoms with E-state index in [9.17, 15) is 9.90 Å². The van der Waals surface area contributed by atoms with Crippen molar-refractivity contribution in [2.75, 3.05) is 6.54 Å². The van der Waals surface area contributed by atoms with Crippen molar-refractivity contribution in [2.24, 2.45) is 0 Å². The molecule has 0 aliphatic heterocycles. The van der Waals surface area contributed by atoms with Crippen molar-refractivity contribution in [3.63, 3.8) is 0 Å². The van der Waals surface area contributed by atoms with Crippen LogP contribution in [0.2, 0.25) is 0 Å². The summed E-state index contributed by atoms with van der Waals surface area (Å²) in [4.78, 5) is 13.4. The molecule has 2 aromatic carbocycles. The summed E-state index contributed by atoms with van der Waals surface area (Å²) in [6.07, 6.45) is 0.803. The minimum atomic E-state index is -0.241. The van der Waals surface area contributed by atoms with Crippen molar-refractivity contribution < 1.29 is 9.90 Å². The molecule has 1 heterocycles. The summed E-state index contributed by atoms with van der Waals surface area (Å²) in [5.41, 5.74) is 0.319. The van der Waals surface area contributed by atoms with Gasteiger partial charge in [0, 0.05) is 11.4 Å². The summed E-state index contributed by atoms with van der Waals surface area (Å²) >= 11 is 1.67. The molecule has 1 aromatic heterocycles. The van der Waals surface area contributed by atoms with Gasteiger partial charge in [-0.2, -0.15) is 0 Å². The highest BCUT2D eigenvalue weighted by atomic mass is 32.1. The van der Waals surface area contributed by atoms with Crippen LogP contribution in [0.3, 0.4) is 0 Å². The summed E-state index contributed by atoms with van der Waals surface area (Å²) in [5.74, 6) is -0.225. The largest absolute Gasteiger partial charge is 0.507 e. The lowest BCUT2D eigenvalue weighted by Gasteiger charge is -2.08. The summed E-state index contributed by atoms with van der Waals surface area (Å²) in [7, 11) is 0. The molecule has 3 rings (SSSR count). The van der Waals surface area contributed by atoms with E-state index >= 15 is 0 Å². The average molecular weight is 297 g/mol. The van der Waals surface area contributed by atoms with E-state index in [2.05, 4.69) is 5.32 Å². The van der Waals surface area contributed by atoms with Crippen LogP contribution in [0, 0.1) is 0 Å². The number of carbonyl (C=O) groups is 1. The number of fused-ring (bicyclic) bond motifs is 1. The van der Waals surface area contributed by atoms with Crippen molar-refractivity contribution in [1.29, 1.82) is 0 Å². The normalized spacial score (nSPS) is 10.7. The van der Waals surface area contributed by atoms with Crippen molar-refractivity contribution >= 4 is 28.0 Å². The molecule has 0 bridgehead atoms. The smallest absolute Gasteiger partial charge is 0.255 e. The van der Waals surface area contributed by atoms with E-state index in [-0.39, 0.29) is 11.7 Å². The molecule has 3 aromatic rings. The zero-order chi connectivity index (χ0) is 14.7. The van der Waals surface area contributed by atoms with Crippen LogP contribution in [0.1, 0.15) is 15.2 Å². The lowest BCUT2D eigenvalue weighted by molar-refractivity contribution is 0.0951. The first-order valence-electron chi connectivity index (χ1n) is 6.76. The number of phenolic OH excluding ortho intramolecular Hbond substituents is 1. The lowest BCUT2D eigenvalue weighted by Crippen LogP contribution is -2.25. The number of carbonyl (C=O) groups excluding carboxylic acids is 1. The second-order valence-electron chi connectivity index (χ2n) is 4.80. The standard InChI is InChI=1S/C17H15NO2S/c19-16-11-13-5-2-1-4-12(13)10-15(16)17(20)18-8-7-14-6-3-9-21-14/h1-6,9-11,19H,7-8H2,(H,18,20). The third kappa shape index (κ3) is 3.06. The molecule has 0 saturated carbocycles. The zero-order valence-electron chi connectivity index (χ0n) is 11.4. The Labute approximate surface area is 126 Å². The van der Waals surface area contributed by atoms with Gasteiger partial charge in [0.2, 0.25) is 0 Å². The van der Waals surface area contributed by atoms with Gasteiger partial charge in [0.25, 0.3) is 5.91 Å². The minimum absolute atomic E-state index is 0.0160. The number of thiophene rings is 1. The molecule has 0 saturated heterocycles. The predicted octanol–water partition coefficient (Wildman–Crippen LogP) is 3.58. The maximum Gasteiger partial charge on any atom is 0.255 e. The van der Waals surface area contributed by atoms with Crippen molar-refractivity contribution in [3.8, 4) is 5.75 Å². The highest BCUT2D eigenvalue weighted by molar-refractivity contribution is 7.09. The van der Waals surface area contributed by atoms with Crippen LogP contribution in [0.4, 0.5) is 0 Å². The number of rotatable bonds is 4. The third-order valence-electron chi connectivity index (χ3n) is 3.35. The number of hydrogen-bond donors (Lipinski definition) is 2. The van der Waals surface area contributed by atoms with Gasteiger partial charge in [-0.05, 0) is 40.8 Å². The van der Waals surface area contributed by atoms with E-state index in [1.807, 2.05) is 41.8 Å². The molecule has 0 fully saturated rings. The molecule has 0 radical (unpaired) electrons. The molecule has 3 nitrogen and oxygen atoms in total. The number of benzene rings is 2. The number of aromatic hydroxyl groups is 1. The number of phenols is 1. The molecular formula is C17H15NO2S. The Morgan fingerprint density at radius 2 is 1.86 bits per heavy atom. The molecule has 106 valence electrons. The van der Waals surface area contributed by atoms with Crippen LogP contribution in [0.5, 0.6) is 5.75 Å². The van der Waals surface area contributed by atoms with Crippen LogP contribution in [0.15, 0.2) is 53.9 Å². The molecule has 0 unspecified atom stereocenters. The minimum Gasteiger partial charge on any atom is -0.507 e. The van der Waals surface area contributed by atoms with Crippen molar-refractivity contribution in [3.05, 3.63) is 64.4 Å². The molecule has 0 aliphatic carbocycles. The van der Waals surface area contributed by atoms with E-state index in [1.165, 1.54) is 4.88 Å². The first-order valence-corrected chi connectivity index (χ1v) is 7.64. The fraction of sp³-hybridized carbons (Fsp3) is 0.118. The predicted molar refractivity (Wildman–Crippen MR) is 86.0 cm³/mol. The van der Waals surface area contributed by atoms with E-state index < -0.39 is 0 Å². The monoisotopic (exact) mass is 297 g/mol.